The number of amides is 1. The first-order chi connectivity index (χ1) is 9.97. The maximum absolute atomic E-state index is 13.0. The van der Waals surface area contributed by atoms with Gasteiger partial charge in [0.25, 0.3) is 0 Å². The molecule has 0 heterocycles. The van der Waals surface area contributed by atoms with Gasteiger partial charge in [-0.3, -0.25) is 9.59 Å². The predicted octanol–water partition coefficient (Wildman–Crippen LogP) is 2.35. The molecule has 5 nitrogen and oxygen atoms in total. The number of carbonyl (C=O) groups excluding carboxylic acids is 1. The lowest BCUT2D eigenvalue weighted by Crippen LogP contribution is -2.33. The van der Waals surface area contributed by atoms with E-state index in [1.54, 1.807) is 19.1 Å². The molecule has 21 heavy (non-hydrogen) atoms. The largest absolute Gasteiger partial charge is 0.489 e. The van der Waals surface area contributed by atoms with Gasteiger partial charge >= 0.3 is 5.97 Å². The van der Waals surface area contributed by atoms with Crippen LogP contribution in [0.5, 0.6) is 5.75 Å². The van der Waals surface area contributed by atoms with Gasteiger partial charge in [0.2, 0.25) is 5.91 Å². The fourth-order valence-electron chi connectivity index (χ4n) is 1.72. The molecule has 116 valence electrons. The number of rotatable bonds is 9. The minimum absolute atomic E-state index is 0.0758. The van der Waals surface area contributed by atoms with Crippen LogP contribution in [-0.2, 0) is 9.59 Å². The van der Waals surface area contributed by atoms with E-state index in [4.69, 9.17) is 9.84 Å². The smallest absolute Gasteiger partial charge is 0.303 e. The molecule has 1 aromatic carbocycles. The monoisotopic (exact) mass is 297 g/mol. The van der Waals surface area contributed by atoms with Crippen molar-refractivity contribution in [1.29, 1.82) is 0 Å². The standard InChI is InChI=1S/C15H20FNO4/c1-11(21-13-6-4-5-12(16)9-13)10-17-14(18)7-2-3-8-15(19)20/h4-6,9,11H,2-3,7-8,10H2,1H3,(H,17,18)(H,19,20). The first-order valence-electron chi connectivity index (χ1n) is 6.88. The first-order valence-corrected chi connectivity index (χ1v) is 6.88. The van der Waals surface area contributed by atoms with Crippen molar-refractivity contribution >= 4 is 11.9 Å². The quantitative estimate of drug-likeness (QED) is 0.686. The molecule has 0 radical (unpaired) electrons. The average molecular weight is 297 g/mol. The van der Waals surface area contributed by atoms with E-state index in [2.05, 4.69) is 5.32 Å². The molecule has 1 rings (SSSR count). The number of unbranched alkanes of at least 4 members (excludes halogenated alkanes) is 1. The second kappa shape index (κ2) is 8.94. The lowest BCUT2D eigenvalue weighted by Gasteiger charge is -2.15. The Hall–Kier alpha value is -2.11. The third-order valence-electron chi connectivity index (χ3n) is 2.76. The van der Waals surface area contributed by atoms with Crippen LogP contribution in [0.1, 0.15) is 32.6 Å². The molecule has 0 saturated carbocycles. The van der Waals surface area contributed by atoms with Gasteiger partial charge in [0, 0.05) is 18.9 Å². The molecule has 0 spiro atoms. The Balaban J connectivity index is 2.18. The van der Waals surface area contributed by atoms with Crippen LogP contribution >= 0.6 is 0 Å². The van der Waals surface area contributed by atoms with Crippen molar-refractivity contribution in [2.45, 2.75) is 38.7 Å². The number of aliphatic carboxylic acids is 1. The van der Waals surface area contributed by atoms with Crippen LogP contribution in [0.25, 0.3) is 0 Å². The van der Waals surface area contributed by atoms with Crippen LogP contribution in [0.3, 0.4) is 0 Å². The molecule has 1 aromatic rings. The van der Waals surface area contributed by atoms with Crippen molar-refractivity contribution in [3.63, 3.8) is 0 Å². The third kappa shape index (κ3) is 7.91. The highest BCUT2D eigenvalue weighted by atomic mass is 19.1. The minimum Gasteiger partial charge on any atom is -0.489 e. The first kappa shape index (κ1) is 16.9. The molecule has 1 unspecified atom stereocenters. The molecule has 0 aromatic heterocycles. The summed E-state index contributed by atoms with van der Waals surface area (Å²) in [5.74, 6) is -0.956. The number of hydrogen-bond donors (Lipinski definition) is 2. The fourth-order valence-corrected chi connectivity index (χ4v) is 1.72. The molecular weight excluding hydrogens is 277 g/mol. The number of nitrogens with one attached hydrogen (secondary N) is 1. The van der Waals surface area contributed by atoms with Gasteiger partial charge in [-0.1, -0.05) is 6.07 Å². The van der Waals surface area contributed by atoms with Crippen LogP contribution in [0, 0.1) is 5.82 Å². The van der Waals surface area contributed by atoms with Gasteiger partial charge in [-0.2, -0.15) is 0 Å². The Morgan fingerprint density at radius 3 is 2.71 bits per heavy atom. The summed E-state index contributed by atoms with van der Waals surface area (Å²) in [6.45, 7) is 2.09. The SMILES string of the molecule is CC(CNC(=O)CCCCC(=O)O)Oc1cccc(F)c1. The third-order valence-corrected chi connectivity index (χ3v) is 2.76. The van der Waals surface area contributed by atoms with Gasteiger partial charge in [0.1, 0.15) is 17.7 Å². The highest BCUT2D eigenvalue weighted by Crippen LogP contribution is 2.13. The minimum atomic E-state index is -0.854. The van der Waals surface area contributed by atoms with Crippen LogP contribution in [-0.4, -0.2) is 29.6 Å². The highest BCUT2D eigenvalue weighted by molar-refractivity contribution is 5.75. The van der Waals surface area contributed by atoms with Crippen LogP contribution < -0.4 is 10.1 Å². The second-order valence-corrected chi connectivity index (χ2v) is 4.79. The van der Waals surface area contributed by atoms with Crippen molar-refractivity contribution in [3.05, 3.63) is 30.1 Å². The van der Waals surface area contributed by atoms with Gasteiger partial charge in [0.15, 0.2) is 0 Å². The van der Waals surface area contributed by atoms with E-state index in [0.29, 0.717) is 31.6 Å². The van der Waals surface area contributed by atoms with Crippen LogP contribution in [0.2, 0.25) is 0 Å². The van der Waals surface area contributed by atoms with Crippen molar-refractivity contribution in [3.8, 4) is 5.75 Å². The molecule has 0 saturated heterocycles. The lowest BCUT2D eigenvalue weighted by molar-refractivity contribution is -0.137. The zero-order chi connectivity index (χ0) is 15.7. The average Bonchev–Trinajstić information content (AvgIpc) is 2.41. The number of hydrogen-bond acceptors (Lipinski definition) is 3. The van der Waals surface area contributed by atoms with Gasteiger partial charge < -0.3 is 15.2 Å². The van der Waals surface area contributed by atoms with Crippen LogP contribution in [0.15, 0.2) is 24.3 Å². The van der Waals surface area contributed by atoms with Gasteiger partial charge in [-0.25, -0.2) is 4.39 Å². The Labute approximate surface area is 123 Å². The molecule has 6 heteroatoms. The van der Waals surface area contributed by atoms with E-state index in [-0.39, 0.29) is 24.2 Å². The van der Waals surface area contributed by atoms with Crippen molar-refractivity contribution in [1.82, 2.24) is 5.32 Å². The van der Waals surface area contributed by atoms with E-state index in [0.717, 1.165) is 0 Å². The number of benzene rings is 1. The number of carboxylic acid groups (broad SMARTS) is 1. The number of halogens is 1. The van der Waals surface area contributed by atoms with Crippen LogP contribution in [0.4, 0.5) is 4.39 Å². The Kier molecular flexibility index (Phi) is 7.21. The van der Waals surface area contributed by atoms with E-state index in [1.165, 1.54) is 12.1 Å². The summed E-state index contributed by atoms with van der Waals surface area (Å²) in [5.41, 5.74) is 0. The molecule has 1 amide bonds. The van der Waals surface area contributed by atoms with Gasteiger partial charge in [-0.05, 0) is 31.9 Å². The summed E-state index contributed by atoms with van der Waals surface area (Å²) >= 11 is 0. The zero-order valence-electron chi connectivity index (χ0n) is 12.0. The topological polar surface area (TPSA) is 75.6 Å². The van der Waals surface area contributed by atoms with Crippen molar-refractivity contribution < 1.29 is 23.8 Å². The molecule has 2 N–H and O–H groups in total. The molecule has 0 bridgehead atoms. The number of carboxylic acids is 1. The molecule has 0 fully saturated rings. The molecule has 1 atom stereocenters. The van der Waals surface area contributed by atoms with E-state index < -0.39 is 5.97 Å². The lowest BCUT2D eigenvalue weighted by atomic mass is 10.2. The summed E-state index contributed by atoms with van der Waals surface area (Å²) in [7, 11) is 0. The number of ether oxygens (including phenoxy) is 1. The van der Waals surface area contributed by atoms with Gasteiger partial charge in [0.05, 0.1) is 6.54 Å². The summed E-state index contributed by atoms with van der Waals surface area (Å²) in [4.78, 5) is 21.8. The predicted molar refractivity (Wildman–Crippen MR) is 75.6 cm³/mol. The maximum Gasteiger partial charge on any atom is 0.303 e. The molecular formula is C15H20FNO4. The summed E-state index contributed by atoms with van der Waals surface area (Å²) in [6.07, 6.45) is 1.11. The molecule has 0 aliphatic heterocycles. The van der Waals surface area contributed by atoms with E-state index in [9.17, 15) is 14.0 Å². The highest BCUT2D eigenvalue weighted by Gasteiger charge is 2.08. The maximum atomic E-state index is 13.0. The van der Waals surface area contributed by atoms with Gasteiger partial charge in [-0.15, -0.1) is 0 Å². The zero-order valence-corrected chi connectivity index (χ0v) is 12.0. The molecule has 0 aliphatic rings. The van der Waals surface area contributed by atoms with Crippen molar-refractivity contribution in [2.75, 3.05) is 6.54 Å². The normalized spacial score (nSPS) is 11.7. The Bertz CT molecular complexity index is 478. The van der Waals surface area contributed by atoms with Crippen molar-refractivity contribution in [2.24, 2.45) is 0 Å². The summed E-state index contributed by atoms with van der Waals surface area (Å²) in [6, 6.07) is 5.81. The number of carbonyl (C=O) groups is 2. The Morgan fingerprint density at radius 1 is 1.33 bits per heavy atom. The second-order valence-electron chi connectivity index (χ2n) is 4.79. The molecule has 0 aliphatic carbocycles. The van der Waals surface area contributed by atoms with E-state index in [1.807, 2.05) is 0 Å². The van der Waals surface area contributed by atoms with E-state index >= 15 is 0 Å². The fraction of sp³-hybridized carbons (Fsp3) is 0.467. The summed E-state index contributed by atoms with van der Waals surface area (Å²) < 4.78 is 18.4. The Morgan fingerprint density at radius 2 is 2.05 bits per heavy atom. The summed E-state index contributed by atoms with van der Waals surface area (Å²) in [5, 5.41) is 11.2.